The molecule has 0 saturated carbocycles. The summed E-state index contributed by atoms with van der Waals surface area (Å²) in [6.07, 6.45) is -0.608. The van der Waals surface area contributed by atoms with E-state index in [1.165, 1.54) is 12.0 Å². The van der Waals surface area contributed by atoms with Crippen LogP contribution in [0.2, 0.25) is 0 Å². The van der Waals surface area contributed by atoms with E-state index in [1.807, 2.05) is 26.8 Å². The summed E-state index contributed by atoms with van der Waals surface area (Å²) < 4.78 is 9.91. The molecular formula is C26H40N4O7. The molecule has 0 saturated heterocycles. The van der Waals surface area contributed by atoms with Crippen molar-refractivity contribution in [3.8, 4) is 0 Å². The monoisotopic (exact) mass is 520 g/mol. The van der Waals surface area contributed by atoms with Gasteiger partial charge in [0.2, 0.25) is 17.7 Å². The van der Waals surface area contributed by atoms with Crippen molar-refractivity contribution in [2.45, 2.75) is 78.5 Å². The molecule has 4 amide bonds. The summed E-state index contributed by atoms with van der Waals surface area (Å²) in [5.74, 6) is -2.48. The van der Waals surface area contributed by atoms with E-state index in [-0.39, 0.29) is 25.9 Å². The lowest BCUT2D eigenvalue weighted by atomic mass is 9.97. The molecule has 0 aliphatic carbocycles. The average Bonchev–Trinajstić information content (AvgIpc) is 2.80. The Morgan fingerprint density at radius 2 is 1.73 bits per heavy atom. The third-order valence-corrected chi connectivity index (χ3v) is 5.46. The first kappa shape index (κ1) is 31.4. The van der Waals surface area contributed by atoms with E-state index >= 15 is 0 Å². The van der Waals surface area contributed by atoms with Crippen LogP contribution in [0.3, 0.4) is 0 Å². The smallest absolute Gasteiger partial charge is 0.408 e. The van der Waals surface area contributed by atoms with Crippen LogP contribution in [0.15, 0.2) is 18.2 Å². The molecular weight excluding hydrogens is 480 g/mol. The molecule has 0 bridgehead atoms. The number of hydrogen-bond acceptors (Lipinski definition) is 7. The fraction of sp³-hybridized carbons (Fsp3) is 0.577. The summed E-state index contributed by atoms with van der Waals surface area (Å²) in [5, 5.41) is 5.05. The van der Waals surface area contributed by atoms with Gasteiger partial charge in [-0.3, -0.25) is 19.2 Å². The van der Waals surface area contributed by atoms with Crippen LogP contribution in [0.1, 0.15) is 69.7 Å². The highest BCUT2D eigenvalue weighted by Gasteiger charge is 2.36. The molecule has 206 valence electrons. The lowest BCUT2D eigenvalue weighted by Crippen LogP contribution is -2.53. The van der Waals surface area contributed by atoms with Crippen molar-refractivity contribution in [1.82, 2.24) is 15.5 Å². The van der Waals surface area contributed by atoms with E-state index in [0.717, 1.165) is 11.1 Å². The fourth-order valence-electron chi connectivity index (χ4n) is 3.54. The number of methoxy groups -OCH3 is 1. The summed E-state index contributed by atoms with van der Waals surface area (Å²) in [6, 6.07) is 3.07. The van der Waals surface area contributed by atoms with Gasteiger partial charge in [0.1, 0.15) is 24.2 Å². The van der Waals surface area contributed by atoms with E-state index in [9.17, 15) is 24.0 Å². The van der Waals surface area contributed by atoms with Crippen molar-refractivity contribution in [3.63, 3.8) is 0 Å². The zero-order valence-corrected chi connectivity index (χ0v) is 22.8. The van der Waals surface area contributed by atoms with E-state index in [4.69, 9.17) is 10.5 Å². The molecule has 2 unspecified atom stereocenters. The van der Waals surface area contributed by atoms with Crippen molar-refractivity contribution < 1.29 is 33.4 Å². The van der Waals surface area contributed by atoms with Gasteiger partial charge >= 0.3 is 12.1 Å². The van der Waals surface area contributed by atoms with Gasteiger partial charge in [-0.2, -0.15) is 0 Å². The van der Waals surface area contributed by atoms with Crippen molar-refractivity contribution in [2.75, 3.05) is 20.2 Å². The van der Waals surface area contributed by atoms with Crippen LogP contribution in [0.5, 0.6) is 0 Å². The average molecular weight is 521 g/mol. The minimum absolute atomic E-state index is 0.0863. The second kappa shape index (κ2) is 14.2. The molecule has 0 aliphatic rings. The number of carbonyl (C=O) groups is 5. The van der Waals surface area contributed by atoms with E-state index < -0.39 is 47.5 Å². The van der Waals surface area contributed by atoms with Crippen molar-refractivity contribution in [1.29, 1.82) is 0 Å². The van der Waals surface area contributed by atoms with Gasteiger partial charge < -0.3 is 30.7 Å². The van der Waals surface area contributed by atoms with Gasteiger partial charge in [0, 0.05) is 13.0 Å². The Labute approximate surface area is 218 Å². The Kier molecular flexibility index (Phi) is 12.0. The third kappa shape index (κ3) is 10.5. The highest BCUT2D eigenvalue weighted by Crippen LogP contribution is 2.25. The maximum absolute atomic E-state index is 13.8. The van der Waals surface area contributed by atoms with Crippen LogP contribution in [0.4, 0.5) is 4.79 Å². The molecule has 4 N–H and O–H groups in total. The summed E-state index contributed by atoms with van der Waals surface area (Å²) in [6.45, 7) is 10.5. The number of nitrogens with one attached hydrogen (secondary N) is 2. The maximum Gasteiger partial charge on any atom is 0.408 e. The predicted octanol–water partition coefficient (Wildman–Crippen LogP) is 2.03. The van der Waals surface area contributed by atoms with E-state index in [1.54, 1.807) is 32.9 Å². The summed E-state index contributed by atoms with van der Waals surface area (Å²) in [5.41, 5.74) is 6.91. The van der Waals surface area contributed by atoms with Gasteiger partial charge in [0.05, 0.1) is 7.11 Å². The Balaban J connectivity index is 3.48. The second-order valence-electron chi connectivity index (χ2n) is 9.78. The SMILES string of the molecule is CCCN(C(=O)C(CCC(N)=O)NC(=O)OC(C)(C)C)C(C(=O)NCC(=O)OC)c1ccc(C)c(C)c1. The lowest BCUT2D eigenvalue weighted by Gasteiger charge is -2.34. The quantitative estimate of drug-likeness (QED) is 0.356. The highest BCUT2D eigenvalue weighted by atomic mass is 16.6. The number of primary amides is 1. The minimum atomic E-state index is -1.18. The molecule has 37 heavy (non-hydrogen) atoms. The number of nitrogens with two attached hydrogens (primary N) is 1. The number of esters is 1. The minimum Gasteiger partial charge on any atom is -0.468 e. The summed E-state index contributed by atoms with van der Waals surface area (Å²) in [7, 11) is 1.20. The first-order chi connectivity index (χ1) is 17.2. The molecule has 11 nitrogen and oxygen atoms in total. The molecule has 1 aromatic rings. The fourth-order valence-corrected chi connectivity index (χ4v) is 3.54. The number of amides is 4. The Bertz CT molecular complexity index is 988. The zero-order valence-electron chi connectivity index (χ0n) is 22.8. The number of benzene rings is 1. The summed E-state index contributed by atoms with van der Waals surface area (Å²) >= 11 is 0. The predicted molar refractivity (Wildman–Crippen MR) is 137 cm³/mol. The first-order valence-electron chi connectivity index (χ1n) is 12.2. The van der Waals surface area contributed by atoms with Crippen molar-refractivity contribution >= 4 is 29.8 Å². The molecule has 0 fully saturated rings. The van der Waals surface area contributed by atoms with Crippen molar-refractivity contribution in [2.24, 2.45) is 5.73 Å². The Morgan fingerprint density at radius 3 is 2.24 bits per heavy atom. The molecule has 0 spiro atoms. The molecule has 2 atom stereocenters. The van der Waals surface area contributed by atoms with Crippen LogP contribution in [0.25, 0.3) is 0 Å². The Morgan fingerprint density at radius 1 is 1.08 bits per heavy atom. The van der Waals surface area contributed by atoms with Gasteiger partial charge in [0.15, 0.2) is 0 Å². The zero-order chi connectivity index (χ0) is 28.3. The largest absolute Gasteiger partial charge is 0.468 e. The van der Waals surface area contributed by atoms with Gasteiger partial charge in [0.25, 0.3) is 0 Å². The van der Waals surface area contributed by atoms with Gasteiger partial charge in [-0.15, -0.1) is 0 Å². The number of hydrogen-bond donors (Lipinski definition) is 3. The van der Waals surface area contributed by atoms with Gasteiger partial charge in [-0.1, -0.05) is 25.1 Å². The van der Waals surface area contributed by atoms with Crippen LogP contribution < -0.4 is 16.4 Å². The lowest BCUT2D eigenvalue weighted by molar-refractivity contribution is -0.144. The first-order valence-corrected chi connectivity index (χ1v) is 12.2. The normalized spacial score (nSPS) is 12.6. The molecule has 0 radical (unpaired) electrons. The number of rotatable bonds is 12. The van der Waals surface area contributed by atoms with Crippen molar-refractivity contribution in [3.05, 3.63) is 34.9 Å². The van der Waals surface area contributed by atoms with Crippen LogP contribution in [-0.4, -0.2) is 66.5 Å². The van der Waals surface area contributed by atoms with Crippen LogP contribution in [-0.2, 0) is 28.7 Å². The van der Waals surface area contributed by atoms with Crippen LogP contribution >= 0.6 is 0 Å². The number of alkyl carbamates (subject to hydrolysis) is 1. The van der Waals surface area contributed by atoms with E-state index in [2.05, 4.69) is 15.4 Å². The molecule has 0 aromatic heterocycles. The molecule has 11 heteroatoms. The number of ether oxygens (including phenoxy) is 2. The highest BCUT2D eigenvalue weighted by molar-refractivity contribution is 5.93. The molecule has 1 rings (SSSR count). The van der Waals surface area contributed by atoms with Gasteiger partial charge in [-0.05, 0) is 64.2 Å². The van der Waals surface area contributed by atoms with E-state index in [0.29, 0.717) is 12.0 Å². The Hall–Kier alpha value is -3.63. The third-order valence-electron chi connectivity index (χ3n) is 5.46. The molecule has 1 aromatic carbocycles. The molecule has 0 aliphatic heterocycles. The van der Waals surface area contributed by atoms with Gasteiger partial charge in [-0.25, -0.2) is 4.79 Å². The number of aryl methyl sites for hydroxylation is 2. The standard InChI is InChI=1S/C26H40N4O7/c1-8-13-30(24(34)19(11-12-20(27)31)29-25(35)37-26(4,5)6)22(23(33)28-15-21(32)36-7)18-10-9-16(2)17(3)14-18/h9-10,14,19,22H,8,11-13,15H2,1-7H3,(H2,27,31)(H,28,33)(H,29,35). The topological polar surface area (TPSA) is 157 Å². The summed E-state index contributed by atoms with van der Waals surface area (Å²) in [4.78, 5) is 64.2. The maximum atomic E-state index is 13.8. The van der Waals surface area contributed by atoms with Crippen LogP contribution in [0, 0.1) is 13.8 Å². The second-order valence-corrected chi connectivity index (χ2v) is 9.78. The number of carbonyl (C=O) groups excluding carboxylic acids is 5. The number of nitrogens with zero attached hydrogens (tertiary/aromatic N) is 1. The molecule has 0 heterocycles.